The van der Waals surface area contributed by atoms with Crippen LogP contribution in [0.1, 0.15) is 5.69 Å². The molecular formula is C14H17N3O3S. The van der Waals surface area contributed by atoms with E-state index in [1.807, 2.05) is 17.5 Å². The van der Waals surface area contributed by atoms with E-state index < -0.39 is 0 Å². The molecular weight excluding hydrogens is 290 g/mol. The van der Waals surface area contributed by atoms with E-state index in [1.165, 1.54) is 0 Å². The summed E-state index contributed by atoms with van der Waals surface area (Å²) in [5.41, 5.74) is 1.85. The number of methoxy groups -OCH3 is 1. The van der Waals surface area contributed by atoms with Crippen molar-refractivity contribution in [3.63, 3.8) is 0 Å². The first kappa shape index (κ1) is 15.6. The maximum atomic E-state index is 11.5. The van der Waals surface area contributed by atoms with Crippen LogP contribution >= 0.6 is 11.3 Å². The zero-order chi connectivity index (χ0) is 14.9. The molecule has 0 spiro atoms. The number of thiazole rings is 1. The molecule has 0 unspecified atom stereocenters. The summed E-state index contributed by atoms with van der Waals surface area (Å²) >= 11 is 1.54. The van der Waals surface area contributed by atoms with Crippen molar-refractivity contribution in [3.8, 4) is 10.6 Å². The fourth-order valence-electron chi connectivity index (χ4n) is 1.56. The lowest BCUT2D eigenvalue weighted by Crippen LogP contribution is -2.27. The molecule has 112 valence electrons. The molecule has 0 atom stereocenters. The van der Waals surface area contributed by atoms with Crippen LogP contribution in [0.25, 0.3) is 10.6 Å². The third-order valence-electron chi connectivity index (χ3n) is 2.61. The maximum absolute atomic E-state index is 11.5. The smallest absolute Gasteiger partial charge is 0.246 e. The highest BCUT2D eigenvalue weighted by Gasteiger charge is 2.06. The van der Waals surface area contributed by atoms with Crippen LogP contribution in [0.2, 0.25) is 0 Å². The van der Waals surface area contributed by atoms with E-state index in [-0.39, 0.29) is 12.5 Å². The van der Waals surface area contributed by atoms with Crippen LogP contribution in [0, 0.1) is 0 Å². The summed E-state index contributed by atoms with van der Waals surface area (Å²) < 4.78 is 9.96. The summed E-state index contributed by atoms with van der Waals surface area (Å²) in [7, 11) is 1.59. The highest BCUT2D eigenvalue weighted by molar-refractivity contribution is 7.13. The Balaban J connectivity index is 1.77. The largest absolute Gasteiger partial charge is 0.382 e. The molecule has 2 rings (SSSR count). The first-order valence-electron chi connectivity index (χ1n) is 6.48. The van der Waals surface area contributed by atoms with Crippen molar-refractivity contribution in [3.05, 3.63) is 35.6 Å². The highest BCUT2D eigenvalue weighted by Crippen LogP contribution is 2.22. The molecule has 0 aliphatic carbocycles. The van der Waals surface area contributed by atoms with E-state index in [2.05, 4.69) is 15.3 Å². The van der Waals surface area contributed by atoms with Crippen LogP contribution in [-0.4, -0.2) is 42.8 Å². The van der Waals surface area contributed by atoms with Gasteiger partial charge in [0.2, 0.25) is 5.91 Å². The van der Waals surface area contributed by atoms with Gasteiger partial charge in [0.05, 0.1) is 25.5 Å². The first-order chi connectivity index (χ1) is 10.3. The molecule has 2 heterocycles. The van der Waals surface area contributed by atoms with Crippen molar-refractivity contribution in [2.45, 2.75) is 6.54 Å². The van der Waals surface area contributed by atoms with Crippen LogP contribution < -0.4 is 5.32 Å². The average Bonchev–Trinajstić information content (AvgIpc) is 2.99. The second-order valence-electron chi connectivity index (χ2n) is 4.20. The zero-order valence-corrected chi connectivity index (χ0v) is 12.6. The minimum atomic E-state index is -0.162. The summed E-state index contributed by atoms with van der Waals surface area (Å²) in [6.07, 6.45) is 3.46. The van der Waals surface area contributed by atoms with Gasteiger partial charge in [-0.05, 0) is 12.1 Å². The van der Waals surface area contributed by atoms with Gasteiger partial charge in [-0.3, -0.25) is 9.78 Å². The summed E-state index contributed by atoms with van der Waals surface area (Å²) in [5, 5.41) is 5.61. The standard InChI is InChI=1S/C14H17N3O3S/c1-19-6-7-20-9-13(18)16-8-12-10-21-14(17-12)11-2-4-15-5-3-11/h2-5,10H,6-9H2,1H3,(H,16,18). The molecule has 0 aromatic carbocycles. The van der Waals surface area contributed by atoms with Crippen molar-refractivity contribution in [2.24, 2.45) is 0 Å². The maximum Gasteiger partial charge on any atom is 0.246 e. The Morgan fingerprint density at radius 1 is 1.33 bits per heavy atom. The third kappa shape index (κ3) is 5.22. The SMILES string of the molecule is COCCOCC(=O)NCc1csc(-c2ccncc2)n1. The van der Waals surface area contributed by atoms with Gasteiger partial charge in [0.15, 0.2) is 0 Å². The Hall–Kier alpha value is -1.83. The molecule has 0 bridgehead atoms. The van der Waals surface area contributed by atoms with Crippen LogP contribution in [0.5, 0.6) is 0 Å². The molecule has 0 saturated heterocycles. The van der Waals surface area contributed by atoms with Gasteiger partial charge in [-0.25, -0.2) is 4.98 Å². The highest BCUT2D eigenvalue weighted by atomic mass is 32.1. The topological polar surface area (TPSA) is 73.3 Å². The summed E-state index contributed by atoms with van der Waals surface area (Å²) in [4.78, 5) is 20.0. The number of ether oxygens (including phenoxy) is 2. The van der Waals surface area contributed by atoms with Gasteiger partial charge in [-0.1, -0.05) is 0 Å². The van der Waals surface area contributed by atoms with E-state index in [4.69, 9.17) is 9.47 Å². The second-order valence-corrected chi connectivity index (χ2v) is 5.06. The lowest BCUT2D eigenvalue weighted by Gasteiger charge is -2.04. The molecule has 7 heteroatoms. The molecule has 0 radical (unpaired) electrons. The van der Waals surface area contributed by atoms with Gasteiger partial charge in [0, 0.05) is 30.4 Å². The fourth-order valence-corrected chi connectivity index (χ4v) is 2.39. The number of hydrogen-bond acceptors (Lipinski definition) is 6. The Morgan fingerprint density at radius 2 is 2.14 bits per heavy atom. The molecule has 6 nitrogen and oxygen atoms in total. The lowest BCUT2D eigenvalue weighted by atomic mass is 10.3. The monoisotopic (exact) mass is 307 g/mol. The Labute approximate surface area is 127 Å². The van der Waals surface area contributed by atoms with Crippen LogP contribution in [-0.2, 0) is 20.8 Å². The first-order valence-corrected chi connectivity index (χ1v) is 7.35. The molecule has 21 heavy (non-hydrogen) atoms. The number of carbonyl (C=O) groups excluding carboxylic acids is 1. The van der Waals surface area contributed by atoms with Gasteiger partial charge in [-0.15, -0.1) is 11.3 Å². The summed E-state index contributed by atoms with van der Waals surface area (Å²) in [5.74, 6) is -0.162. The molecule has 0 aliphatic heterocycles. The number of nitrogens with zero attached hydrogens (tertiary/aromatic N) is 2. The van der Waals surface area contributed by atoms with Gasteiger partial charge < -0.3 is 14.8 Å². The Kier molecular flexibility index (Phi) is 6.26. The molecule has 0 fully saturated rings. The van der Waals surface area contributed by atoms with Gasteiger partial charge in [0.1, 0.15) is 11.6 Å². The van der Waals surface area contributed by atoms with Crippen molar-refractivity contribution >= 4 is 17.2 Å². The Morgan fingerprint density at radius 3 is 2.90 bits per heavy atom. The van der Waals surface area contributed by atoms with Crippen molar-refractivity contribution in [1.29, 1.82) is 0 Å². The summed E-state index contributed by atoms with van der Waals surface area (Å²) in [6.45, 7) is 1.32. The number of carbonyl (C=O) groups is 1. The van der Waals surface area contributed by atoms with E-state index in [0.717, 1.165) is 16.3 Å². The Bertz CT molecular complexity index is 560. The van der Waals surface area contributed by atoms with Gasteiger partial charge >= 0.3 is 0 Å². The van der Waals surface area contributed by atoms with E-state index in [9.17, 15) is 4.79 Å². The third-order valence-corrected chi connectivity index (χ3v) is 3.55. The number of pyridine rings is 1. The summed E-state index contributed by atoms with van der Waals surface area (Å²) in [6, 6.07) is 3.82. The molecule has 2 aromatic rings. The van der Waals surface area contributed by atoms with Gasteiger partial charge in [-0.2, -0.15) is 0 Å². The second kappa shape index (κ2) is 8.46. The minimum absolute atomic E-state index is 0.0324. The normalized spacial score (nSPS) is 10.5. The van der Waals surface area contributed by atoms with E-state index in [1.54, 1.807) is 30.8 Å². The number of hydrogen-bond donors (Lipinski definition) is 1. The predicted molar refractivity (Wildman–Crippen MR) is 79.9 cm³/mol. The van der Waals surface area contributed by atoms with Gasteiger partial charge in [0.25, 0.3) is 0 Å². The molecule has 0 aliphatic rings. The molecule has 2 aromatic heterocycles. The number of amides is 1. The van der Waals surface area contributed by atoms with Crippen molar-refractivity contribution in [2.75, 3.05) is 26.9 Å². The fraction of sp³-hybridized carbons (Fsp3) is 0.357. The van der Waals surface area contributed by atoms with Crippen molar-refractivity contribution in [1.82, 2.24) is 15.3 Å². The van der Waals surface area contributed by atoms with Crippen LogP contribution in [0.15, 0.2) is 29.9 Å². The average molecular weight is 307 g/mol. The van der Waals surface area contributed by atoms with E-state index >= 15 is 0 Å². The molecule has 1 amide bonds. The van der Waals surface area contributed by atoms with Crippen molar-refractivity contribution < 1.29 is 14.3 Å². The zero-order valence-electron chi connectivity index (χ0n) is 11.7. The molecule has 1 N–H and O–H groups in total. The quantitative estimate of drug-likeness (QED) is 0.748. The van der Waals surface area contributed by atoms with Crippen LogP contribution in [0.4, 0.5) is 0 Å². The van der Waals surface area contributed by atoms with Crippen LogP contribution in [0.3, 0.4) is 0 Å². The number of rotatable bonds is 8. The predicted octanol–water partition coefficient (Wildman–Crippen LogP) is 1.48. The van der Waals surface area contributed by atoms with E-state index in [0.29, 0.717) is 19.8 Å². The number of nitrogens with one attached hydrogen (secondary N) is 1. The molecule has 0 saturated carbocycles. The lowest BCUT2D eigenvalue weighted by molar-refractivity contribution is -0.126. The number of aromatic nitrogens is 2. The minimum Gasteiger partial charge on any atom is -0.382 e.